The van der Waals surface area contributed by atoms with Crippen molar-refractivity contribution in [1.82, 2.24) is 20.1 Å². The number of pyridine rings is 1. The van der Waals surface area contributed by atoms with Gasteiger partial charge in [-0.25, -0.2) is 4.98 Å². The van der Waals surface area contributed by atoms with Crippen LogP contribution < -0.4 is 10.2 Å². The summed E-state index contributed by atoms with van der Waals surface area (Å²) >= 11 is 12.8. The zero-order valence-corrected chi connectivity index (χ0v) is 21.6. The molecule has 8 heteroatoms. The lowest BCUT2D eigenvalue weighted by Gasteiger charge is -2.48. The molecular formula is C26H35Cl2N5O. The Morgan fingerprint density at radius 3 is 2.62 bits per heavy atom. The molecule has 1 N–H and O–H groups in total. The molecule has 1 saturated carbocycles. The van der Waals surface area contributed by atoms with Crippen molar-refractivity contribution in [3.05, 3.63) is 46.1 Å². The van der Waals surface area contributed by atoms with Crippen molar-refractivity contribution < 1.29 is 4.79 Å². The van der Waals surface area contributed by atoms with E-state index in [0.717, 1.165) is 30.5 Å². The number of amides is 1. The number of fused-ring (bicyclic) bond motifs is 1. The quantitative estimate of drug-likeness (QED) is 0.668. The van der Waals surface area contributed by atoms with Gasteiger partial charge in [0, 0.05) is 56.0 Å². The molecule has 0 bridgehead atoms. The Morgan fingerprint density at radius 2 is 1.91 bits per heavy atom. The number of hydrogen-bond donors (Lipinski definition) is 1. The van der Waals surface area contributed by atoms with E-state index in [-0.39, 0.29) is 5.91 Å². The summed E-state index contributed by atoms with van der Waals surface area (Å²) in [6, 6.07) is 3.46. The molecule has 184 valence electrons. The van der Waals surface area contributed by atoms with Crippen LogP contribution in [0.25, 0.3) is 0 Å². The lowest BCUT2D eigenvalue weighted by Crippen LogP contribution is -2.58. The molecule has 34 heavy (non-hydrogen) atoms. The first kappa shape index (κ1) is 24.1. The predicted octanol–water partition coefficient (Wildman–Crippen LogP) is 4.16. The van der Waals surface area contributed by atoms with Gasteiger partial charge >= 0.3 is 0 Å². The number of carbonyl (C=O) groups excluding carboxylic acids is 1. The van der Waals surface area contributed by atoms with Crippen LogP contribution in [0.1, 0.15) is 43.0 Å². The van der Waals surface area contributed by atoms with E-state index in [1.54, 1.807) is 19.3 Å². The van der Waals surface area contributed by atoms with Crippen molar-refractivity contribution >= 4 is 34.9 Å². The molecule has 1 aromatic heterocycles. The average Bonchev–Trinajstić information content (AvgIpc) is 3.26. The van der Waals surface area contributed by atoms with Gasteiger partial charge in [0.1, 0.15) is 5.82 Å². The van der Waals surface area contributed by atoms with Gasteiger partial charge < -0.3 is 10.2 Å². The average molecular weight is 505 g/mol. The van der Waals surface area contributed by atoms with E-state index in [4.69, 9.17) is 23.2 Å². The fraction of sp³-hybridized carbons (Fsp3) is 0.615. The number of piperidine rings is 1. The largest absolute Gasteiger partial charge is 0.355 e. The zero-order chi connectivity index (χ0) is 23.8. The molecule has 5 rings (SSSR count). The minimum atomic E-state index is -0.168. The van der Waals surface area contributed by atoms with Crippen molar-refractivity contribution in [2.75, 3.05) is 44.7 Å². The van der Waals surface area contributed by atoms with Gasteiger partial charge in [0.2, 0.25) is 0 Å². The van der Waals surface area contributed by atoms with Gasteiger partial charge in [0.05, 0.1) is 10.6 Å². The summed E-state index contributed by atoms with van der Waals surface area (Å²) in [5, 5.41) is 4.07. The minimum Gasteiger partial charge on any atom is -0.355 e. The number of piperazine rings is 1. The topological polar surface area (TPSA) is 51.7 Å². The Bertz CT molecular complexity index is 974. The first-order valence-corrected chi connectivity index (χ1v) is 13.4. The highest BCUT2D eigenvalue weighted by molar-refractivity contribution is 6.33. The van der Waals surface area contributed by atoms with E-state index < -0.39 is 0 Å². The Morgan fingerprint density at radius 1 is 1.12 bits per heavy atom. The van der Waals surface area contributed by atoms with Gasteiger partial charge in [0.25, 0.3) is 5.91 Å². The van der Waals surface area contributed by atoms with Crippen molar-refractivity contribution in [2.24, 2.45) is 11.8 Å². The highest BCUT2D eigenvalue weighted by atomic mass is 35.5. The fourth-order valence-corrected chi connectivity index (χ4v) is 7.10. The summed E-state index contributed by atoms with van der Waals surface area (Å²) < 4.78 is 0. The lowest BCUT2D eigenvalue weighted by atomic mass is 9.88. The molecule has 3 heterocycles. The molecule has 3 fully saturated rings. The van der Waals surface area contributed by atoms with Crippen molar-refractivity contribution in [3.8, 4) is 0 Å². The van der Waals surface area contributed by atoms with Gasteiger partial charge in [-0.1, -0.05) is 35.4 Å². The summed E-state index contributed by atoms with van der Waals surface area (Å²) in [6.07, 6.45) is 13.4. The Hall–Kier alpha value is -1.60. The third-order valence-corrected chi connectivity index (χ3v) is 8.84. The summed E-state index contributed by atoms with van der Waals surface area (Å²) in [4.78, 5) is 24.1. The summed E-state index contributed by atoms with van der Waals surface area (Å²) in [6.45, 7) is 7.50. The Balaban J connectivity index is 1.16. The maximum absolute atomic E-state index is 11.9. The first-order valence-electron chi connectivity index (χ1n) is 12.6. The SMILES string of the molecule is CNC(=O)c1cnc(N2CCN(C3CCN([C@@H]4CCC5C=C(Cl)C=CC54)CC3)[C@@H](C)C2)c(Cl)c1. The van der Waals surface area contributed by atoms with E-state index in [1.807, 2.05) is 0 Å². The van der Waals surface area contributed by atoms with E-state index in [1.165, 1.54) is 38.8 Å². The smallest absolute Gasteiger partial charge is 0.252 e. The Kier molecular flexibility index (Phi) is 7.22. The highest BCUT2D eigenvalue weighted by Gasteiger charge is 2.40. The number of likely N-dealkylation sites (tertiary alicyclic amines) is 1. The second-order valence-electron chi connectivity index (χ2n) is 10.2. The van der Waals surface area contributed by atoms with Crippen LogP contribution in [0.5, 0.6) is 0 Å². The van der Waals surface area contributed by atoms with Crippen LogP contribution in [0.3, 0.4) is 0 Å². The van der Waals surface area contributed by atoms with Crippen molar-refractivity contribution in [1.29, 1.82) is 0 Å². The standard InChI is InChI=1S/C26H35Cl2N5O/c1-17-16-32(25-23(28)14-19(15-30-25)26(34)29-2)11-12-33(17)21-7-9-31(10-8-21)24-6-3-18-13-20(27)4-5-22(18)24/h4-5,13-15,17-18,21-22,24H,3,6-12,16H2,1-2H3,(H,29,34)/t17-,18?,22?,24+/m0/s1. The molecule has 2 aliphatic heterocycles. The lowest BCUT2D eigenvalue weighted by molar-refractivity contribution is 0.0502. The predicted molar refractivity (Wildman–Crippen MR) is 139 cm³/mol. The fourth-order valence-electron chi connectivity index (χ4n) is 6.58. The number of rotatable bonds is 4. The van der Waals surface area contributed by atoms with Gasteiger partial charge in [0.15, 0.2) is 0 Å². The number of halogens is 2. The summed E-state index contributed by atoms with van der Waals surface area (Å²) in [7, 11) is 1.61. The van der Waals surface area contributed by atoms with Crippen LogP contribution in [-0.2, 0) is 0 Å². The molecule has 4 atom stereocenters. The van der Waals surface area contributed by atoms with Gasteiger partial charge in [-0.05, 0) is 69.7 Å². The number of anilines is 1. The molecule has 0 radical (unpaired) electrons. The van der Waals surface area contributed by atoms with E-state index >= 15 is 0 Å². The molecule has 2 unspecified atom stereocenters. The monoisotopic (exact) mass is 503 g/mol. The van der Waals surface area contributed by atoms with Crippen LogP contribution in [0.4, 0.5) is 5.82 Å². The van der Waals surface area contributed by atoms with Crippen LogP contribution in [0.15, 0.2) is 35.5 Å². The number of carbonyl (C=O) groups is 1. The molecule has 0 aromatic carbocycles. The van der Waals surface area contributed by atoms with Crippen molar-refractivity contribution in [3.63, 3.8) is 0 Å². The van der Waals surface area contributed by atoms with Gasteiger partial charge in [-0.3, -0.25) is 14.6 Å². The van der Waals surface area contributed by atoms with Gasteiger partial charge in [-0.15, -0.1) is 0 Å². The van der Waals surface area contributed by atoms with Crippen LogP contribution in [-0.4, -0.2) is 78.6 Å². The van der Waals surface area contributed by atoms with E-state index in [9.17, 15) is 4.79 Å². The maximum Gasteiger partial charge on any atom is 0.252 e. The number of aromatic nitrogens is 1. The molecule has 6 nitrogen and oxygen atoms in total. The van der Waals surface area contributed by atoms with Crippen LogP contribution in [0.2, 0.25) is 5.02 Å². The molecule has 2 aliphatic carbocycles. The van der Waals surface area contributed by atoms with E-state index in [0.29, 0.717) is 40.5 Å². The van der Waals surface area contributed by atoms with Gasteiger partial charge in [-0.2, -0.15) is 0 Å². The molecule has 1 amide bonds. The normalized spacial score (nSPS) is 30.8. The third kappa shape index (κ3) is 4.75. The molecule has 2 saturated heterocycles. The maximum atomic E-state index is 11.9. The van der Waals surface area contributed by atoms with Crippen LogP contribution >= 0.6 is 23.2 Å². The molecule has 0 spiro atoms. The second-order valence-corrected chi connectivity index (χ2v) is 11.0. The molecule has 1 aromatic rings. The third-order valence-electron chi connectivity index (χ3n) is 8.31. The molecule has 4 aliphatic rings. The number of hydrogen-bond acceptors (Lipinski definition) is 5. The zero-order valence-electron chi connectivity index (χ0n) is 20.1. The highest BCUT2D eigenvalue weighted by Crippen LogP contribution is 2.42. The van der Waals surface area contributed by atoms with E-state index in [2.05, 4.69) is 50.2 Å². The summed E-state index contributed by atoms with van der Waals surface area (Å²) in [5.41, 5.74) is 0.492. The number of nitrogens with zero attached hydrogens (tertiary/aromatic N) is 4. The molecular weight excluding hydrogens is 469 g/mol. The Labute approximate surface area is 213 Å². The number of allylic oxidation sites excluding steroid dienone is 3. The van der Waals surface area contributed by atoms with Crippen LogP contribution in [0, 0.1) is 11.8 Å². The summed E-state index contributed by atoms with van der Waals surface area (Å²) in [5.74, 6) is 1.87. The second kappa shape index (κ2) is 10.2. The number of nitrogens with one attached hydrogen (secondary N) is 1. The van der Waals surface area contributed by atoms with Crippen molar-refractivity contribution in [2.45, 2.75) is 50.7 Å². The minimum absolute atomic E-state index is 0.168. The first-order chi connectivity index (χ1) is 16.4.